The first kappa shape index (κ1) is 11.4. The number of nitrogens with one attached hydrogen (secondary N) is 1. The lowest BCUT2D eigenvalue weighted by Crippen LogP contribution is -2.41. The van der Waals surface area contributed by atoms with Gasteiger partial charge in [0.2, 0.25) is 5.91 Å². The van der Waals surface area contributed by atoms with Gasteiger partial charge in [-0.25, -0.2) is 8.78 Å². The van der Waals surface area contributed by atoms with Crippen molar-refractivity contribution in [1.29, 1.82) is 0 Å². The van der Waals surface area contributed by atoms with Gasteiger partial charge < -0.3 is 0 Å². The van der Waals surface area contributed by atoms with Crippen molar-refractivity contribution >= 4 is 11.6 Å². The SMILES string of the molecule is O=C1NN(c2ccccc2F)C2CCC(F)CC12. The molecule has 1 heterocycles. The Kier molecular flexibility index (Phi) is 2.69. The molecule has 0 aromatic heterocycles. The summed E-state index contributed by atoms with van der Waals surface area (Å²) in [6, 6.07) is 6.17. The molecule has 3 rings (SSSR count). The Balaban J connectivity index is 1.91. The first-order valence-electron chi connectivity index (χ1n) is 6.15. The van der Waals surface area contributed by atoms with Gasteiger partial charge in [-0.1, -0.05) is 12.1 Å². The van der Waals surface area contributed by atoms with Crippen molar-refractivity contribution in [3.05, 3.63) is 30.1 Å². The monoisotopic (exact) mass is 252 g/mol. The van der Waals surface area contributed by atoms with Crippen LogP contribution in [0.1, 0.15) is 19.3 Å². The summed E-state index contributed by atoms with van der Waals surface area (Å²) in [6.45, 7) is 0. The Bertz CT molecular complexity index is 480. The van der Waals surface area contributed by atoms with Crippen LogP contribution in [0.2, 0.25) is 0 Å². The molecule has 96 valence electrons. The number of amides is 1. The van der Waals surface area contributed by atoms with Gasteiger partial charge in [0.05, 0.1) is 17.6 Å². The maximum absolute atomic E-state index is 13.7. The molecule has 1 saturated heterocycles. The molecule has 1 amide bonds. The van der Waals surface area contributed by atoms with E-state index in [4.69, 9.17) is 0 Å². The molecule has 3 atom stereocenters. The number of anilines is 1. The largest absolute Gasteiger partial charge is 0.279 e. The zero-order valence-corrected chi connectivity index (χ0v) is 9.77. The van der Waals surface area contributed by atoms with Gasteiger partial charge in [-0.05, 0) is 31.4 Å². The van der Waals surface area contributed by atoms with E-state index in [-0.39, 0.29) is 30.1 Å². The van der Waals surface area contributed by atoms with Gasteiger partial charge in [0.15, 0.2) is 0 Å². The Hall–Kier alpha value is -1.65. The third kappa shape index (κ3) is 1.74. The van der Waals surface area contributed by atoms with Gasteiger partial charge in [-0.15, -0.1) is 0 Å². The fraction of sp³-hybridized carbons (Fsp3) is 0.462. The van der Waals surface area contributed by atoms with E-state index in [9.17, 15) is 13.6 Å². The number of nitrogens with zero attached hydrogens (tertiary/aromatic N) is 1. The summed E-state index contributed by atoms with van der Waals surface area (Å²) >= 11 is 0. The second kappa shape index (κ2) is 4.23. The molecular weight excluding hydrogens is 238 g/mol. The lowest BCUT2D eigenvalue weighted by atomic mass is 9.84. The van der Waals surface area contributed by atoms with E-state index in [0.29, 0.717) is 18.5 Å². The van der Waals surface area contributed by atoms with Crippen LogP contribution in [0.15, 0.2) is 24.3 Å². The van der Waals surface area contributed by atoms with E-state index in [1.54, 1.807) is 23.2 Å². The van der Waals surface area contributed by atoms with E-state index in [0.717, 1.165) is 0 Å². The molecule has 1 saturated carbocycles. The number of fused-ring (bicyclic) bond motifs is 1. The summed E-state index contributed by atoms with van der Waals surface area (Å²) in [5, 5.41) is 1.56. The first-order chi connectivity index (χ1) is 8.66. The lowest BCUT2D eigenvalue weighted by molar-refractivity contribution is -0.123. The topological polar surface area (TPSA) is 32.3 Å². The number of halogens is 2. The molecule has 0 bridgehead atoms. The number of hydrogen-bond acceptors (Lipinski definition) is 2. The molecule has 2 aliphatic rings. The van der Waals surface area contributed by atoms with E-state index in [2.05, 4.69) is 5.43 Å². The summed E-state index contributed by atoms with van der Waals surface area (Å²) in [6.07, 6.45) is 0.319. The van der Waals surface area contributed by atoms with Crippen LogP contribution in [0, 0.1) is 11.7 Å². The molecule has 1 aromatic rings. The summed E-state index contributed by atoms with van der Waals surface area (Å²) < 4.78 is 27.1. The van der Waals surface area contributed by atoms with Crippen molar-refractivity contribution in [2.24, 2.45) is 5.92 Å². The molecule has 1 aliphatic heterocycles. The van der Waals surface area contributed by atoms with Crippen LogP contribution in [0.3, 0.4) is 0 Å². The van der Waals surface area contributed by atoms with Gasteiger partial charge in [-0.3, -0.25) is 15.2 Å². The summed E-state index contributed by atoms with van der Waals surface area (Å²) in [7, 11) is 0. The minimum absolute atomic E-state index is 0.138. The highest BCUT2D eigenvalue weighted by atomic mass is 19.1. The molecule has 1 N–H and O–H groups in total. The van der Waals surface area contributed by atoms with Gasteiger partial charge in [0.25, 0.3) is 0 Å². The first-order valence-corrected chi connectivity index (χ1v) is 6.15. The highest BCUT2D eigenvalue weighted by Gasteiger charge is 2.45. The fourth-order valence-corrected chi connectivity index (χ4v) is 2.86. The average molecular weight is 252 g/mol. The minimum Gasteiger partial charge on any atom is -0.279 e. The quantitative estimate of drug-likeness (QED) is 0.831. The van der Waals surface area contributed by atoms with Crippen LogP contribution < -0.4 is 10.4 Å². The maximum Gasteiger partial charge on any atom is 0.243 e. The lowest BCUT2D eigenvalue weighted by Gasteiger charge is -2.31. The predicted octanol–water partition coefficient (Wildman–Crippen LogP) is 2.18. The molecule has 3 nitrogen and oxygen atoms in total. The number of carbonyl (C=O) groups excluding carboxylic acids is 1. The number of benzene rings is 1. The third-order valence-corrected chi connectivity index (χ3v) is 3.76. The zero-order valence-electron chi connectivity index (χ0n) is 9.77. The van der Waals surface area contributed by atoms with Crippen LogP contribution in [-0.2, 0) is 4.79 Å². The number of alkyl halides is 1. The van der Waals surface area contributed by atoms with Gasteiger partial charge in [-0.2, -0.15) is 0 Å². The van der Waals surface area contributed by atoms with Crippen molar-refractivity contribution in [3.8, 4) is 0 Å². The molecule has 0 spiro atoms. The minimum atomic E-state index is -0.919. The standard InChI is InChI=1S/C13H14F2N2O/c14-8-5-6-11-9(7-8)13(18)16-17(11)12-4-2-1-3-10(12)15/h1-4,8-9,11H,5-7H2,(H,16,18). The van der Waals surface area contributed by atoms with Crippen LogP contribution in [0.4, 0.5) is 14.5 Å². The highest BCUT2D eigenvalue weighted by molar-refractivity contribution is 5.85. The number of para-hydroxylation sites is 1. The predicted molar refractivity (Wildman–Crippen MR) is 63.0 cm³/mol. The summed E-state index contributed by atoms with van der Waals surface area (Å²) in [5.74, 6) is -0.945. The maximum atomic E-state index is 13.7. The highest BCUT2D eigenvalue weighted by Crippen LogP contribution is 2.36. The molecule has 2 fully saturated rings. The number of carbonyl (C=O) groups is 1. The molecule has 5 heteroatoms. The van der Waals surface area contributed by atoms with Crippen LogP contribution in [0.5, 0.6) is 0 Å². The normalized spacial score (nSPS) is 31.1. The average Bonchev–Trinajstić information content (AvgIpc) is 2.67. The summed E-state index contributed by atoms with van der Waals surface area (Å²) in [5.41, 5.74) is 3.02. The molecular formula is C13H14F2N2O. The van der Waals surface area contributed by atoms with Crippen molar-refractivity contribution in [2.75, 3.05) is 5.01 Å². The Morgan fingerprint density at radius 1 is 1.28 bits per heavy atom. The molecule has 1 aromatic carbocycles. The van der Waals surface area contributed by atoms with Gasteiger partial charge in [0, 0.05) is 0 Å². The van der Waals surface area contributed by atoms with E-state index in [1.165, 1.54) is 6.07 Å². The molecule has 3 unspecified atom stereocenters. The Morgan fingerprint density at radius 2 is 2.06 bits per heavy atom. The summed E-state index contributed by atoms with van der Waals surface area (Å²) in [4.78, 5) is 11.8. The van der Waals surface area contributed by atoms with Crippen LogP contribution in [0.25, 0.3) is 0 Å². The number of hydrogen-bond donors (Lipinski definition) is 1. The second-order valence-electron chi connectivity index (χ2n) is 4.88. The molecule has 1 aliphatic carbocycles. The van der Waals surface area contributed by atoms with Crippen molar-refractivity contribution < 1.29 is 13.6 Å². The van der Waals surface area contributed by atoms with Crippen LogP contribution in [-0.4, -0.2) is 18.1 Å². The fourth-order valence-electron chi connectivity index (χ4n) is 2.86. The second-order valence-corrected chi connectivity index (χ2v) is 4.88. The van der Waals surface area contributed by atoms with Crippen molar-refractivity contribution in [1.82, 2.24) is 5.43 Å². The van der Waals surface area contributed by atoms with Gasteiger partial charge >= 0.3 is 0 Å². The van der Waals surface area contributed by atoms with E-state index in [1.807, 2.05) is 0 Å². The van der Waals surface area contributed by atoms with E-state index >= 15 is 0 Å². The van der Waals surface area contributed by atoms with Crippen molar-refractivity contribution in [3.63, 3.8) is 0 Å². The van der Waals surface area contributed by atoms with Crippen LogP contribution >= 0.6 is 0 Å². The smallest absolute Gasteiger partial charge is 0.243 e. The zero-order chi connectivity index (χ0) is 12.7. The Morgan fingerprint density at radius 3 is 2.83 bits per heavy atom. The molecule has 18 heavy (non-hydrogen) atoms. The number of rotatable bonds is 1. The molecule has 0 radical (unpaired) electrons. The van der Waals surface area contributed by atoms with E-state index < -0.39 is 6.17 Å². The van der Waals surface area contributed by atoms with Gasteiger partial charge in [0.1, 0.15) is 12.0 Å². The van der Waals surface area contributed by atoms with Crippen molar-refractivity contribution in [2.45, 2.75) is 31.5 Å². The number of hydrazine groups is 1. The Labute approximate surface area is 104 Å². The third-order valence-electron chi connectivity index (χ3n) is 3.76.